The molecule has 86 valence electrons. The maximum absolute atomic E-state index is 6.00. The van der Waals surface area contributed by atoms with Gasteiger partial charge in [-0.25, -0.2) is 0 Å². The van der Waals surface area contributed by atoms with Crippen molar-refractivity contribution in [3.8, 4) is 0 Å². The van der Waals surface area contributed by atoms with E-state index in [1.165, 1.54) is 24.0 Å². The van der Waals surface area contributed by atoms with E-state index in [9.17, 15) is 0 Å². The molecule has 3 rings (SSSR count). The maximum Gasteiger partial charge on any atom is 0.0601 e. The fourth-order valence-corrected chi connectivity index (χ4v) is 2.76. The minimum Gasteiger partial charge on any atom is -0.398 e. The average molecular weight is 218 g/mol. The summed E-state index contributed by atoms with van der Waals surface area (Å²) in [5, 5.41) is 0. The third-order valence-corrected chi connectivity index (χ3v) is 3.96. The van der Waals surface area contributed by atoms with Crippen LogP contribution in [-0.4, -0.2) is 24.2 Å². The second-order valence-corrected chi connectivity index (χ2v) is 4.87. The van der Waals surface area contributed by atoms with Crippen LogP contribution in [0.4, 0.5) is 5.69 Å². The van der Waals surface area contributed by atoms with Crippen molar-refractivity contribution in [1.82, 2.24) is 4.90 Å². The van der Waals surface area contributed by atoms with Crippen molar-refractivity contribution < 1.29 is 4.74 Å². The van der Waals surface area contributed by atoms with Gasteiger partial charge in [0.25, 0.3) is 0 Å². The first kappa shape index (κ1) is 10.1. The molecule has 16 heavy (non-hydrogen) atoms. The summed E-state index contributed by atoms with van der Waals surface area (Å²) in [6.45, 7) is 2.07. The summed E-state index contributed by atoms with van der Waals surface area (Å²) in [6.07, 6.45) is 2.82. The van der Waals surface area contributed by atoms with Crippen LogP contribution in [-0.2, 0) is 17.8 Å². The third-order valence-electron chi connectivity index (χ3n) is 3.96. The lowest BCUT2D eigenvalue weighted by molar-refractivity contribution is -0.0288. The largest absolute Gasteiger partial charge is 0.398 e. The molecular weight excluding hydrogens is 200 g/mol. The fourth-order valence-electron chi connectivity index (χ4n) is 2.76. The summed E-state index contributed by atoms with van der Waals surface area (Å²) in [5.41, 5.74) is 9.68. The van der Waals surface area contributed by atoms with Gasteiger partial charge in [-0.3, -0.25) is 4.90 Å². The minimum absolute atomic E-state index is 0.478. The molecule has 0 radical (unpaired) electrons. The Bertz CT molecular complexity index is 399. The van der Waals surface area contributed by atoms with Crippen LogP contribution in [0.5, 0.6) is 0 Å². The van der Waals surface area contributed by atoms with Crippen molar-refractivity contribution in [2.75, 3.05) is 12.8 Å². The van der Waals surface area contributed by atoms with E-state index >= 15 is 0 Å². The molecule has 0 amide bonds. The van der Waals surface area contributed by atoms with E-state index in [0.717, 1.165) is 18.8 Å². The number of nitrogens with zero attached hydrogens (tertiary/aromatic N) is 1. The maximum atomic E-state index is 6.00. The monoisotopic (exact) mass is 218 g/mol. The van der Waals surface area contributed by atoms with Gasteiger partial charge in [0.05, 0.1) is 6.10 Å². The molecule has 0 aromatic heterocycles. The Balaban J connectivity index is 1.70. The number of hydrogen-bond acceptors (Lipinski definition) is 3. The van der Waals surface area contributed by atoms with E-state index in [2.05, 4.69) is 17.0 Å². The summed E-state index contributed by atoms with van der Waals surface area (Å²) in [7, 11) is 1.80. The highest BCUT2D eigenvalue weighted by Crippen LogP contribution is 2.35. The normalized spacial score (nSPS) is 28.8. The molecule has 3 heteroatoms. The van der Waals surface area contributed by atoms with Gasteiger partial charge < -0.3 is 10.5 Å². The Morgan fingerprint density at radius 2 is 2.12 bits per heavy atom. The zero-order valence-electron chi connectivity index (χ0n) is 9.65. The number of fused-ring (bicyclic) bond motifs is 1. The van der Waals surface area contributed by atoms with Gasteiger partial charge in [-0.2, -0.15) is 0 Å². The lowest BCUT2D eigenvalue weighted by atomic mass is 9.88. The number of benzene rings is 1. The van der Waals surface area contributed by atoms with Crippen molar-refractivity contribution in [2.45, 2.75) is 38.1 Å². The lowest BCUT2D eigenvalue weighted by Gasteiger charge is -2.40. The summed E-state index contributed by atoms with van der Waals surface area (Å²) in [4.78, 5) is 2.52. The van der Waals surface area contributed by atoms with Gasteiger partial charge in [-0.1, -0.05) is 12.1 Å². The second-order valence-electron chi connectivity index (χ2n) is 4.87. The van der Waals surface area contributed by atoms with Gasteiger partial charge in [0.2, 0.25) is 0 Å². The number of nitrogens with two attached hydrogens (primary N) is 1. The van der Waals surface area contributed by atoms with Crippen molar-refractivity contribution in [3.05, 3.63) is 29.3 Å². The Morgan fingerprint density at radius 3 is 2.81 bits per heavy atom. The highest BCUT2D eigenvalue weighted by atomic mass is 16.5. The number of hydrogen-bond donors (Lipinski definition) is 1. The van der Waals surface area contributed by atoms with Crippen molar-refractivity contribution in [2.24, 2.45) is 0 Å². The molecule has 3 nitrogen and oxygen atoms in total. The molecule has 1 aliphatic heterocycles. The lowest BCUT2D eigenvalue weighted by Crippen LogP contribution is -2.45. The van der Waals surface area contributed by atoms with E-state index in [-0.39, 0.29) is 0 Å². The van der Waals surface area contributed by atoms with Gasteiger partial charge in [0.1, 0.15) is 0 Å². The van der Waals surface area contributed by atoms with E-state index in [1.807, 2.05) is 6.07 Å². The average Bonchev–Trinajstić information content (AvgIpc) is 2.61. The number of rotatable bonds is 2. The molecule has 1 heterocycles. The van der Waals surface area contributed by atoms with Crippen molar-refractivity contribution in [3.63, 3.8) is 0 Å². The van der Waals surface area contributed by atoms with Crippen LogP contribution >= 0.6 is 0 Å². The Kier molecular flexibility index (Phi) is 2.37. The third kappa shape index (κ3) is 1.51. The van der Waals surface area contributed by atoms with Crippen LogP contribution < -0.4 is 5.73 Å². The first-order chi connectivity index (χ1) is 7.78. The summed E-state index contributed by atoms with van der Waals surface area (Å²) in [5.74, 6) is 0. The predicted octanol–water partition coefficient (Wildman–Crippen LogP) is 1.76. The molecule has 2 N–H and O–H groups in total. The highest BCUT2D eigenvalue weighted by Gasteiger charge is 2.36. The van der Waals surface area contributed by atoms with Crippen LogP contribution in [0.25, 0.3) is 0 Å². The zero-order chi connectivity index (χ0) is 11.1. The van der Waals surface area contributed by atoms with Crippen LogP contribution in [0.15, 0.2) is 18.2 Å². The topological polar surface area (TPSA) is 38.5 Å². The molecule has 0 unspecified atom stereocenters. The van der Waals surface area contributed by atoms with Gasteiger partial charge in [-0.15, -0.1) is 0 Å². The van der Waals surface area contributed by atoms with Crippen molar-refractivity contribution in [1.29, 1.82) is 0 Å². The molecule has 1 aromatic rings. The predicted molar refractivity (Wildman–Crippen MR) is 63.9 cm³/mol. The molecule has 0 saturated heterocycles. The van der Waals surface area contributed by atoms with Crippen LogP contribution in [0, 0.1) is 0 Å². The second kappa shape index (κ2) is 3.75. The van der Waals surface area contributed by atoms with Crippen LogP contribution in [0.2, 0.25) is 0 Å². The molecule has 1 saturated carbocycles. The van der Waals surface area contributed by atoms with Crippen LogP contribution in [0.1, 0.15) is 24.0 Å². The van der Waals surface area contributed by atoms with Crippen molar-refractivity contribution >= 4 is 5.69 Å². The molecule has 1 aliphatic carbocycles. The first-order valence-corrected chi connectivity index (χ1v) is 5.91. The molecule has 1 aromatic carbocycles. The standard InChI is InChI=1S/C13H18N2O/c1-16-11-5-10(6-11)15-7-9-3-2-4-13(14)12(9)8-15/h2-4,10-11H,5-8,14H2,1H3. The minimum atomic E-state index is 0.478. The number of anilines is 1. The van der Waals surface area contributed by atoms with Gasteiger partial charge >= 0.3 is 0 Å². The molecule has 0 bridgehead atoms. The van der Waals surface area contributed by atoms with Gasteiger partial charge in [0.15, 0.2) is 0 Å². The summed E-state index contributed by atoms with van der Waals surface area (Å²) < 4.78 is 5.33. The van der Waals surface area contributed by atoms with Crippen LogP contribution in [0.3, 0.4) is 0 Å². The quantitative estimate of drug-likeness (QED) is 0.769. The molecule has 0 atom stereocenters. The summed E-state index contributed by atoms with van der Waals surface area (Å²) in [6, 6.07) is 6.94. The molecule has 0 spiro atoms. The highest BCUT2D eigenvalue weighted by molar-refractivity contribution is 5.52. The molecule has 2 aliphatic rings. The Labute approximate surface area is 96.2 Å². The zero-order valence-corrected chi connectivity index (χ0v) is 9.65. The Hall–Kier alpha value is -1.06. The van der Waals surface area contributed by atoms with E-state index < -0.39 is 0 Å². The fraction of sp³-hybridized carbons (Fsp3) is 0.538. The first-order valence-electron chi connectivity index (χ1n) is 5.91. The van der Waals surface area contributed by atoms with E-state index in [1.54, 1.807) is 7.11 Å². The number of ether oxygens (including phenoxy) is 1. The number of nitrogen functional groups attached to an aromatic ring is 1. The van der Waals surface area contributed by atoms with Gasteiger partial charge in [-0.05, 0) is 30.0 Å². The van der Waals surface area contributed by atoms with E-state index in [0.29, 0.717) is 12.1 Å². The van der Waals surface area contributed by atoms with Gasteiger partial charge in [0, 0.05) is 31.9 Å². The molecule has 1 fully saturated rings. The molecular formula is C13H18N2O. The van der Waals surface area contributed by atoms with E-state index in [4.69, 9.17) is 10.5 Å². The number of methoxy groups -OCH3 is 1. The summed E-state index contributed by atoms with van der Waals surface area (Å²) >= 11 is 0. The Morgan fingerprint density at radius 1 is 1.31 bits per heavy atom. The smallest absolute Gasteiger partial charge is 0.0601 e. The SMILES string of the molecule is COC1CC(N2Cc3cccc(N)c3C2)C1.